The maximum Gasteiger partial charge on any atom is 0.235 e. The molecular weight excluding hydrogens is 380 g/mol. The predicted molar refractivity (Wildman–Crippen MR) is 104 cm³/mol. The molecule has 2 amide bonds. The third-order valence-corrected chi connectivity index (χ3v) is 5.28. The van der Waals surface area contributed by atoms with Crippen LogP contribution in [0.25, 0.3) is 0 Å². The fraction of sp³-hybridized carbons (Fsp3) is 0.300. The summed E-state index contributed by atoms with van der Waals surface area (Å²) in [5, 5.41) is 5.78. The minimum Gasteiger partial charge on any atom is -0.326 e. The summed E-state index contributed by atoms with van der Waals surface area (Å²) in [7, 11) is 0. The summed E-state index contributed by atoms with van der Waals surface area (Å²) in [6.07, 6.45) is 3.85. The Morgan fingerprint density at radius 3 is 1.92 bits per heavy atom. The molecule has 130 valence electrons. The molecule has 0 heterocycles. The third kappa shape index (κ3) is 3.93. The lowest BCUT2D eigenvalue weighted by Gasteiger charge is -2.28. The van der Waals surface area contributed by atoms with Crippen LogP contribution in [0.15, 0.2) is 53.0 Å². The van der Waals surface area contributed by atoms with Crippen molar-refractivity contribution in [2.45, 2.75) is 38.0 Å². The molecule has 3 rings (SSSR count). The van der Waals surface area contributed by atoms with Crippen molar-refractivity contribution in [3.05, 3.63) is 58.6 Å². The molecule has 4 nitrogen and oxygen atoms in total. The molecule has 2 N–H and O–H groups in total. The maximum atomic E-state index is 13.1. The zero-order valence-electron chi connectivity index (χ0n) is 14.1. The molecule has 5 heteroatoms. The lowest BCUT2D eigenvalue weighted by molar-refractivity contribution is -0.121. The molecule has 1 aliphatic carbocycles. The van der Waals surface area contributed by atoms with Gasteiger partial charge in [0, 0.05) is 22.8 Å². The van der Waals surface area contributed by atoms with Gasteiger partial charge < -0.3 is 10.6 Å². The predicted octanol–water partition coefficient (Wildman–Crippen LogP) is 4.86. The molecule has 0 bridgehead atoms. The number of benzene rings is 2. The molecule has 2 aromatic rings. The SMILES string of the molecule is CC(=O)Nc1ccc(NC(=O)C2(c3ccc(Br)cc3)CCCC2)cc1. The molecule has 0 saturated heterocycles. The van der Waals surface area contributed by atoms with E-state index >= 15 is 0 Å². The number of hydrogen-bond donors (Lipinski definition) is 2. The highest BCUT2D eigenvalue weighted by atomic mass is 79.9. The van der Waals surface area contributed by atoms with Gasteiger partial charge in [0.25, 0.3) is 0 Å². The molecule has 2 aromatic carbocycles. The van der Waals surface area contributed by atoms with Crippen molar-refractivity contribution in [2.75, 3.05) is 10.6 Å². The summed E-state index contributed by atoms with van der Waals surface area (Å²) in [5.41, 5.74) is 2.06. The van der Waals surface area contributed by atoms with E-state index in [0.29, 0.717) is 5.69 Å². The van der Waals surface area contributed by atoms with Gasteiger partial charge in [-0.3, -0.25) is 9.59 Å². The first kappa shape index (κ1) is 17.7. The first-order chi connectivity index (χ1) is 12.0. The molecule has 1 fully saturated rings. The smallest absolute Gasteiger partial charge is 0.235 e. The molecule has 0 aliphatic heterocycles. The number of rotatable bonds is 4. The lowest BCUT2D eigenvalue weighted by Crippen LogP contribution is -2.37. The Kier molecular flexibility index (Phi) is 5.23. The van der Waals surface area contributed by atoms with Crippen molar-refractivity contribution in [2.24, 2.45) is 0 Å². The monoisotopic (exact) mass is 400 g/mol. The van der Waals surface area contributed by atoms with Crippen LogP contribution in [0, 0.1) is 0 Å². The maximum absolute atomic E-state index is 13.1. The van der Waals surface area contributed by atoms with Gasteiger partial charge in [-0.25, -0.2) is 0 Å². The van der Waals surface area contributed by atoms with Crippen LogP contribution in [0.1, 0.15) is 38.2 Å². The van der Waals surface area contributed by atoms with Gasteiger partial charge in [0.2, 0.25) is 11.8 Å². The van der Waals surface area contributed by atoms with Crippen molar-refractivity contribution in [1.82, 2.24) is 0 Å². The van der Waals surface area contributed by atoms with Crippen LogP contribution >= 0.6 is 15.9 Å². The topological polar surface area (TPSA) is 58.2 Å². The second-order valence-corrected chi connectivity index (χ2v) is 7.42. The van der Waals surface area contributed by atoms with Gasteiger partial charge in [-0.1, -0.05) is 40.9 Å². The first-order valence-corrected chi connectivity index (χ1v) is 9.24. The van der Waals surface area contributed by atoms with Gasteiger partial charge in [0.1, 0.15) is 0 Å². The Hall–Kier alpha value is -2.14. The summed E-state index contributed by atoms with van der Waals surface area (Å²) in [6, 6.07) is 15.3. The van der Waals surface area contributed by atoms with Crippen LogP contribution in [-0.4, -0.2) is 11.8 Å². The average molecular weight is 401 g/mol. The Bertz CT molecular complexity index is 763. The number of carbonyl (C=O) groups is 2. The summed E-state index contributed by atoms with van der Waals surface area (Å²) in [5.74, 6) is -0.0727. The number of halogens is 1. The fourth-order valence-electron chi connectivity index (χ4n) is 3.49. The van der Waals surface area contributed by atoms with Crippen molar-refractivity contribution in [3.8, 4) is 0 Å². The quantitative estimate of drug-likeness (QED) is 0.769. The molecule has 0 radical (unpaired) electrons. The van der Waals surface area contributed by atoms with Crippen LogP contribution in [0.2, 0.25) is 0 Å². The van der Waals surface area contributed by atoms with E-state index in [9.17, 15) is 9.59 Å². The van der Waals surface area contributed by atoms with E-state index in [4.69, 9.17) is 0 Å². The van der Waals surface area contributed by atoms with Crippen molar-refractivity contribution in [1.29, 1.82) is 0 Å². The molecule has 1 aliphatic rings. The zero-order valence-corrected chi connectivity index (χ0v) is 15.7. The number of anilines is 2. The summed E-state index contributed by atoms with van der Waals surface area (Å²) >= 11 is 3.46. The number of nitrogens with one attached hydrogen (secondary N) is 2. The number of amides is 2. The fourth-order valence-corrected chi connectivity index (χ4v) is 3.75. The Balaban J connectivity index is 1.79. The van der Waals surface area contributed by atoms with Crippen molar-refractivity contribution < 1.29 is 9.59 Å². The molecule has 0 unspecified atom stereocenters. The minimum atomic E-state index is -0.461. The number of hydrogen-bond acceptors (Lipinski definition) is 2. The summed E-state index contributed by atoms with van der Waals surface area (Å²) < 4.78 is 1.01. The van der Waals surface area contributed by atoms with Gasteiger partial charge in [-0.05, 0) is 54.8 Å². The highest BCUT2D eigenvalue weighted by Crippen LogP contribution is 2.42. The summed E-state index contributed by atoms with van der Waals surface area (Å²) in [4.78, 5) is 24.2. The molecule has 25 heavy (non-hydrogen) atoms. The Morgan fingerprint density at radius 2 is 1.40 bits per heavy atom. The minimum absolute atomic E-state index is 0.0413. The van der Waals surface area contributed by atoms with Crippen LogP contribution in [0.5, 0.6) is 0 Å². The van der Waals surface area contributed by atoms with Crippen molar-refractivity contribution in [3.63, 3.8) is 0 Å². The Morgan fingerprint density at radius 1 is 0.880 bits per heavy atom. The summed E-state index contributed by atoms with van der Waals surface area (Å²) in [6.45, 7) is 1.47. The van der Waals surface area contributed by atoms with E-state index in [1.165, 1.54) is 6.92 Å². The van der Waals surface area contributed by atoms with Gasteiger partial charge in [0.05, 0.1) is 5.41 Å². The third-order valence-electron chi connectivity index (χ3n) is 4.75. The van der Waals surface area contributed by atoms with E-state index in [-0.39, 0.29) is 11.8 Å². The van der Waals surface area contributed by atoms with Gasteiger partial charge in [0.15, 0.2) is 0 Å². The standard InChI is InChI=1S/C20H21BrN2O2/c1-14(24)22-17-8-10-18(11-9-17)23-19(25)20(12-2-3-13-20)15-4-6-16(21)7-5-15/h4-11H,2-3,12-13H2,1H3,(H,22,24)(H,23,25). The molecule has 0 spiro atoms. The second kappa shape index (κ2) is 7.40. The zero-order chi connectivity index (χ0) is 17.9. The van der Waals surface area contributed by atoms with E-state index in [0.717, 1.165) is 41.4 Å². The second-order valence-electron chi connectivity index (χ2n) is 6.51. The highest BCUT2D eigenvalue weighted by molar-refractivity contribution is 9.10. The van der Waals surface area contributed by atoms with Crippen LogP contribution < -0.4 is 10.6 Å². The lowest BCUT2D eigenvalue weighted by atomic mass is 9.78. The molecule has 0 aromatic heterocycles. The first-order valence-electron chi connectivity index (χ1n) is 8.45. The number of carbonyl (C=O) groups excluding carboxylic acids is 2. The highest BCUT2D eigenvalue weighted by Gasteiger charge is 2.42. The van der Waals surface area contributed by atoms with E-state index in [1.807, 2.05) is 36.4 Å². The van der Waals surface area contributed by atoms with Crippen LogP contribution in [0.4, 0.5) is 11.4 Å². The van der Waals surface area contributed by atoms with Gasteiger partial charge in [-0.15, -0.1) is 0 Å². The van der Waals surface area contributed by atoms with Gasteiger partial charge >= 0.3 is 0 Å². The molecule has 0 atom stereocenters. The largest absolute Gasteiger partial charge is 0.326 e. The van der Waals surface area contributed by atoms with E-state index < -0.39 is 5.41 Å². The molecular formula is C20H21BrN2O2. The normalized spacial score (nSPS) is 15.6. The van der Waals surface area contributed by atoms with Crippen LogP contribution in [-0.2, 0) is 15.0 Å². The van der Waals surface area contributed by atoms with E-state index in [2.05, 4.69) is 26.6 Å². The van der Waals surface area contributed by atoms with Crippen molar-refractivity contribution >= 4 is 39.1 Å². The Labute approximate surface area is 156 Å². The van der Waals surface area contributed by atoms with Gasteiger partial charge in [-0.2, -0.15) is 0 Å². The average Bonchev–Trinajstić information content (AvgIpc) is 3.08. The molecule has 1 saturated carbocycles. The van der Waals surface area contributed by atoms with E-state index in [1.54, 1.807) is 12.1 Å². The van der Waals surface area contributed by atoms with Crippen LogP contribution in [0.3, 0.4) is 0 Å².